The van der Waals surface area contributed by atoms with E-state index >= 15 is 0 Å². The lowest BCUT2D eigenvalue weighted by atomic mass is 10.1. The second-order valence-corrected chi connectivity index (χ2v) is 5.39. The average Bonchev–Trinajstić information content (AvgIpc) is 2.87. The van der Waals surface area contributed by atoms with Crippen molar-refractivity contribution in [2.75, 3.05) is 19.0 Å². The van der Waals surface area contributed by atoms with Crippen molar-refractivity contribution in [3.63, 3.8) is 0 Å². The molecule has 0 bridgehead atoms. The second kappa shape index (κ2) is 6.76. The second-order valence-electron chi connectivity index (χ2n) is 4.63. The molecule has 1 aromatic carbocycles. The average molecular weight is 295 g/mol. The number of ether oxygens (including phenoxy) is 1. The molecule has 1 heterocycles. The number of anilines is 1. The predicted octanol–water partition coefficient (Wildman–Crippen LogP) is 3.35. The fourth-order valence-corrected chi connectivity index (χ4v) is 2.45. The van der Waals surface area contributed by atoms with Crippen LogP contribution < -0.4 is 5.32 Å². The van der Waals surface area contributed by atoms with Crippen LogP contribution in [-0.4, -0.2) is 23.1 Å². The Morgan fingerprint density at radius 1 is 1.45 bits per heavy atom. The van der Waals surface area contributed by atoms with Crippen molar-refractivity contribution in [1.82, 2.24) is 9.36 Å². The van der Waals surface area contributed by atoms with E-state index in [0.29, 0.717) is 18.6 Å². The number of benzene rings is 1. The van der Waals surface area contributed by atoms with E-state index in [9.17, 15) is 4.39 Å². The fraction of sp³-hybridized carbons (Fsp3) is 0.429. The van der Waals surface area contributed by atoms with Gasteiger partial charge in [-0.3, -0.25) is 0 Å². The zero-order chi connectivity index (χ0) is 14.5. The van der Waals surface area contributed by atoms with Gasteiger partial charge >= 0.3 is 0 Å². The molecule has 0 aliphatic rings. The lowest BCUT2D eigenvalue weighted by Gasteiger charge is -2.13. The Bertz CT molecular complexity index is 573. The van der Waals surface area contributed by atoms with Crippen molar-refractivity contribution in [3.05, 3.63) is 41.0 Å². The van der Waals surface area contributed by atoms with Gasteiger partial charge in [-0.25, -0.2) is 9.37 Å². The lowest BCUT2D eigenvalue weighted by Crippen LogP contribution is -2.07. The van der Waals surface area contributed by atoms with Gasteiger partial charge in [-0.05, 0) is 31.0 Å². The number of aryl methyl sites for hydroxylation is 1. The lowest BCUT2D eigenvalue weighted by molar-refractivity contribution is 0.201. The third kappa shape index (κ3) is 3.74. The van der Waals surface area contributed by atoms with Crippen LogP contribution in [0.25, 0.3) is 0 Å². The molecule has 2 rings (SSSR count). The molecule has 0 aliphatic heterocycles. The van der Waals surface area contributed by atoms with Crippen LogP contribution in [-0.2, 0) is 11.2 Å². The van der Waals surface area contributed by atoms with Gasteiger partial charge in [0.25, 0.3) is 0 Å². The maximum absolute atomic E-state index is 13.6. The van der Waals surface area contributed by atoms with Gasteiger partial charge in [0.15, 0.2) is 0 Å². The molecule has 1 atom stereocenters. The molecular weight excluding hydrogens is 277 g/mol. The summed E-state index contributed by atoms with van der Waals surface area (Å²) in [6.45, 7) is 4.33. The molecule has 0 aliphatic carbocycles. The molecule has 0 spiro atoms. The molecule has 6 heteroatoms. The number of aromatic nitrogens is 2. The highest BCUT2D eigenvalue weighted by molar-refractivity contribution is 7.09. The number of hydrogen-bond acceptors (Lipinski definition) is 5. The summed E-state index contributed by atoms with van der Waals surface area (Å²) in [5, 5.41) is 3.98. The molecule has 1 N–H and O–H groups in total. The van der Waals surface area contributed by atoms with Crippen LogP contribution in [0, 0.1) is 12.7 Å². The molecule has 20 heavy (non-hydrogen) atoms. The van der Waals surface area contributed by atoms with E-state index in [2.05, 4.69) is 14.7 Å². The van der Waals surface area contributed by atoms with Gasteiger partial charge in [-0.2, -0.15) is 4.37 Å². The van der Waals surface area contributed by atoms with Crippen LogP contribution >= 0.6 is 11.5 Å². The van der Waals surface area contributed by atoms with Gasteiger partial charge in [0.2, 0.25) is 5.13 Å². The highest BCUT2D eigenvalue weighted by atomic mass is 32.1. The molecule has 4 nitrogen and oxygen atoms in total. The number of hydrogen-bond donors (Lipinski definition) is 1. The monoisotopic (exact) mass is 295 g/mol. The van der Waals surface area contributed by atoms with Gasteiger partial charge in [0.05, 0.1) is 12.6 Å². The van der Waals surface area contributed by atoms with Crippen LogP contribution in [0.5, 0.6) is 0 Å². The highest BCUT2D eigenvalue weighted by Crippen LogP contribution is 2.22. The first-order valence-electron chi connectivity index (χ1n) is 6.44. The maximum Gasteiger partial charge on any atom is 0.203 e. The first kappa shape index (κ1) is 14.9. The molecular formula is C14H18FN3OS. The summed E-state index contributed by atoms with van der Waals surface area (Å²) in [4.78, 5) is 4.38. The molecule has 1 aromatic heterocycles. The summed E-state index contributed by atoms with van der Waals surface area (Å²) in [5.74, 6) is 0.579. The topological polar surface area (TPSA) is 47.0 Å². The summed E-state index contributed by atoms with van der Waals surface area (Å²) in [5.41, 5.74) is 1.54. The smallest absolute Gasteiger partial charge is 0.203 e. The van der Waals surface area contributed by atoms with Crippen molar-refractivity contribution in [2.45, 2.75) is 26.3 Å². The summed E-state index contributed by atoms with van der Waals surface area (Å²) < 4.78 is 22.8. The zero-order valence-corrected chi connectivity index (χ0v) is 12.6. The summed E-state index contributed by atoms with van der Waals surface area (Å²) >= 11 is 1.31. The van der Waals surface area contributed by atoms with Gasteiger partial charge in [-0.15, -0.1) is 0 Å². The van der Waals surface area contributed by atoms with E-state index in [4.69, 9.17) is 4.74 Å². The Labute approximate surface area is 122 Å². The van der Waals surface area contributed by atoms with Crippen molar-refractivity contribution < 1.29 is 9.13 Å². The third-order valence-corrected chi connectivity index (χ3v) is 3.72. The number of halogens is 1. The fourth-order valence-electron chi connectivity index (χ4n) is 1.75. The van der Waals surface area contributed by atoms with Crippen molar-refractivity contribution in [3.8, 4) is 0 Å². The minimum absolute atomic E-state index is 0.0201. The minimum atomic E-state index is -0.186. The van der Waals surface area contributed by atoms with Crippen molar-refractivity contribution in [1.29, 1.82) is 0 Å². The number of nitrogens with one attached hydrogen (secondary N) is 1. The van der Waals surface area contributed by atoms with E-state index in [1.54, 1.807) is 26.2 Å². The Morgan fingerprint density at radius 3 is 2.95 bits per heavy atom. The Hall–Kier alpha value is -1.53. The summed E-state index contributed by atoms with van der Waals surface area (Å²) in [6.07, 6.45) is 0.697. The van der Waals surface area contributed by atoms with Gasteiger partial charge in [0.1, 0.15) is 11.6 Å². The molecule has 0 saturated carbocycles. The molecule has 108 valence electrons. The maximum atomic E-state index is 13.6. The predicted molar refractivity (Wildman–Crippen MR) is 78.7 cm³/mol. The van der Waals surface area contributed by atoms with Crippen LogP contribution in [0.4, 0.5) is 9.52 Å². The summed E-state index contributed by atoms with van der Waals surface area (Å²) in [6, 6.07) is 5.24. The van der Waals surface area contributed by atoms with Crippen LogP contribution in [0.3, 0.4) is 0 Å². The SMILES string of the molecule is COCCc1nsc(NC(C)c2ccc(C)c(F)c2)n1. The highest BCUT2D eigenvalue weighted by Gasteiger charge is 2.10. The Balaban J connectivity index is 2.01. The van der Waals surface area contributed by atoms with Gasteiger partial charge < -0.3 is 10.1 Å². The quantitative estimate of drug-likeness (QED) is 0.888. The van der Waals surface area contributed by atoms with E-state index in [-0.39, 0.29) is 11.9 Å². The number of methoxy groups -OCH3 is 1. The first-order valence-corrected chi connectivity index (χ1v) is 7.21. The van der Waals surface area contributed by atoms with Crippen LogP contribution in [0.15, 0.2) is 18.2 Å². The number of nitrogens with zero attached hydrogens (tertiary/aromatic N) is 2. The molecule has 0 radical (unpaired) electrons. The van der Waals surface area contributed by atoms with E-state index < -0.39 is 0 Å². The standard InChI is InChI=1S/C14H18FN3OS/c1-9-4-5-11(8-12(9)15)10(2)16-14-17-13(18-20-14)6-7-19-3/h4-5,8,10H,6-7H2,1-3H3,(H,16,17,18). The van der Waals surface area contributed by atoms with E-state index in [0.717, 1.165) is 16.5 Å². The van der Waals surface area contributed by atoms with Gasteiger partial charge in [0, 0.05) is 25.1 Å². The Kier molecular flexibility index (Phi) is 5.03. The van der Waals surface area contributed by atoms with Crippen molar-refractivity contribution in [2.24, 2.45) is 0 Å². The summed E-state index contributed by atoms with van der Waals surface area (Å²) in [7, 11) is 1.65. The normalized spacial score (nSPS) is 12.4. The molecule has 2 aromatic rings. The number of rotatable bonds is 6. The third-order valence-electron chi connectivity index (χ3n) is 3.03. The largest absolute Gasteiger partial charge is 0.384 e. The molecule has 0 saturated heterocycles. The van der Waals surface area contributed by atoms with E-state index in [1.165, 1.54) is 11.5 Å². The van der Waals surface area contributed by atoms with Crippen LogP contribution in [0.1, 0.15) is 29.9 Å². The van der Waals surface area contributed by atoms with Crippen LogP contribution in [0.2, 0.25) is 0 Å². The first-order chi connectivity index (χ1) is 9.60. The zero-order valence-electron chi connectivity index (χ0n) is 11.8. The van der Waals surface area contributed by atoms with Crippen molar-refractivity contribution >= 4 is 16.7 Å². The molecule has 0 fully saturated rings. The Morgan fingerprint density at radius 2 is 2.25 bits per heavy atom. The minimum Gasteiger partial charge on any atom is -0.384 e. The molecule has 0 amide bonds. The van der Waals surface area contributed by atoms with E-state index in [1.807, 2.05) is 13.0 Å². The van der Waals surface area contributed by atoms with Gasteiger partial charge in [-0.1, -0.05) is 12.1 Å². The molecule has 1 unspecified atom stereocenters.